The van der Waals surface area contributed by atoms with Crippen LogP contribution in [0, 0.1) is 47.3 Å². The predicted molar refractivity (Wildman–Crippen MR) is 120 cm³/mol. The van der Waals surface area contributed by atoms with Crippen molar-refractivity contribution in [2.24, 2.45) is 47.3 Å². The van der Waals surface area contributed by atoms with Gasteiger partial charge in [0.05, 0.1) is 0 Å². The fraction of sp³-hybridized carbons (Fsp3) is 0.857. The highest BCUT2D eigenvalue weighted by Crippen LogP contribution is 2.45. The van der Waals surface area contributed by atoms with E-state index in [1.165, 1.54) is 68.6 Å². The third kappa shape index (κ3) is 4.96. The van der Waals surface area contributed by atoms with Crippen molar-refractivity contribution < 1.29 is 0 Å². The van der Waals surface area contributed by atoms with Crippen LogP contribution >= 0.6 is 0 Å². The molecule has 28 heavy (non-hydrogen) atoms. The summed E-state index contributed by atoms with van der Waals surface area (Å²) in [5.41, 5.74) is 0. The lowest BCUT2D eigenvalue weighted by atomic mass is 9.65. The summed E-state index contributed by atoms with van der Waals surface area (Å²) in [4.78, 5) is 0. The molecule has 8 bridgehead atoms. The molecule has 2 unspecified atom stereocenters. The Kier molecular flexibility index (Phi) is 6.31. The van der Waals surface area contributed by atoms with E-state index in [0.717, 1.165) is 23.7 Å². The summed E-state index contributed by atoms with van der Waals surface area (Å²) in [6, 6.07) is 0. The molecule has 2 atom stereocenters. The lowest BCUT2D eigenvalue weighted by molar-refractivity contribution is 0.116. The number of hydrogen-bond acceptors (Lipinski definition) is 0. The average molecular weight is 381 g/mol. The van der Waals surface area contributed by atoms with Crippen LogP contribution in [0.1, 0.15) is 103 Å². The summed E-state index contributed by atoms with van der Waals surface area (Å²) in [6.07, 6.45) is 33.9. The van der Waals surface area contributed by atoms with Gasteiger partial charge in [0, 0.05) is 0 Å². The van der Waals surface area contributed by atoms with Crippen molar-refractivity contribution in [2.75, 3.05) is 0 Å². The Bertz CT molecular complexity index is 501. The third-order valence-corrected chi connectivity index (χ3v) is 9.51. The van der Waals surface area contributed by atoms with Crippen LogP contribution in [0.2, 0.25) is 0 Å². The standard InChI is InChI=1S/C7H12.C7H10.C7H12.C7H10/c2*1-2-7-4-3-6(1)5-7;2*1-2-6-4-7(3-1)5-6/h6-7H,1-5H2;1-2,6-7H,3-5H2;6-7H,1-5H2;1-2,6-7H,3-5H2. The Morgan fingerprint density at radius 3 is 1.11 bits per heavy atom. The van der Waals surface area contributed by atoms with Crippen LogP contribution in [0.4, 0.5) is 0 Å². The third-order valence-electron chi connectivity index (χ3n) is 9.51. The largest absolute Gasteiger partial charge is 0.0880 e. The van der Waals surface area contributed by atoms with E-state index in [-0.39, 0.29) is 0 Å². The van der Waals surface area contributed by atoms with Crippen molar-refractivity contribution in [2.45, 2.75) is 103 Å². The van der Waals surface area contributed by atoms with Crippen LogP contribution in [-0.4, -0.2) is 0 Å². The minimum atomic E-state index is 0.991. The van der Waals surface area contributed by atoms with Crippen molar-refractivity contribution in [1.82, 2.24) is 0 Å². The van der Waals surface area contributed by atoms with Crippen molar-refractivity contribution in [3.8, 4) is 0 Å². The van der Waals surface area contributed by atoms with Gasteiger partial charge < -0.3 is 0 Å². The zero-order valence-electron chi connectivity index (χ0n) is 18.2. The second-order valence-electron chi connectivity index (χ2n) is 11.7. The summed E-state index contributed by atoms with van der Waals surface area (Å²) in [5.74, 6) is 8.77. The summed E-state index contributed by atoms with van der Waals surface area (Å²) < 4.78 is 0. The van der Waals surface area contributed by atoms with Gasteiger partial charge >= 0.3 is 0 Å². The molecule has 7 saturated carbocycles. The molecule has 0 aromatic heterocycles. The molecule has 7 fully saturated rings. The van der Waals surface area contributed by atoms with E-state index in [2.05, 4.69) is 24.3 Å². The monoisotopic (exact) mass is 380 g/mol. The van der Waals surface area contributed by atoms with Gasteiger partial charge in [-0.1, -0.05) is 69.2 Å². The second-order valence-corrected chi connectivity index (χ2v) is 11.7. The maximum atomic E-state index is 2.38. The van der Waals surface area contributed by atoms with Crippen LogP contribution < -0.4 is 0 Å². The Morgan fingerprint density at radius 2 is 0.964 bits per heavy atom. The van der Waals surface area contributed by atoms with Gasteiger partial charge in [0.1, 0.15) is 0 Å². The smallest absolute Gasteiger partial charge is 0.0228 e. The summed E-state index contributed by atoms with van der Waals surface area (Å²) in [5, 5.41) is 0. The van der Waals surface area contributed by atoms with Gasteiger partial charge in [0.25, 0.3) is 0 Å². The van der Waals surface area contributed by atoms with Gasteiger partial charge in [-0.2, -0.15) is 0 Å². The van der Waals surface area contributed by atoms with E-state index in [0.29, 0.717) is 0 Å². The van der Waals surface area contributed by atoms with Crippen LogP contribution in [0.15, 0.2) is 24.3 Å². The quantitative estimate of drug-likeness (QED) is 0.370. The van der Waals surface area contributed by atoms with Crippen LogP contribution in [0.5, 0.6) is 0 Å². The van der Waals surface area contributed by atoms with Gasteiger partial charge in [0.2, 0.25) is 0 Å². The van der Waals surface area contributed by atoms with Gasteiger partial charge in [-0.3, -0.25) is 0 Å². The van der Waals surface area contributed by atoms with Gasteiger partial charge in [-0.25, -0.2) is 0 Å². The average Bonchev–Trinajstić information content (AvgIpc) is 3.53. The second kappa shape index (κ2) is 9.09. The number of rotatable bonds is 0. The summed E-state index contributed by atoms with van der Waals surface area (Å²) in [6.45, 7) is 0. The first-order valence-electron chi connectivity index (χ1n) is 13.1. The molecule has 0 heterocycles. The van der Waals surface area contributed by atoms with Gasteiger partial charge in [-0.15, -0.1) is 0 Å². The number of hydrogen-bond donors (Lipinski definition) is 0. The van der Waals surface area contributed by atoms with Crippen LogP contribution in [-0.2, 0) is 0 Å². The molecule has 0 spiro atoms. The molecule has 0 amide bonds. The molecule has 0 saturated heterocycles. The van der Waals surface area contributed by atoms with Crippen LogP contribution in [0.3, 0.4) is 0 Å². The molecule has 0 heteroatoms. The molecule has 0 radical (unpaired) electrons. The predicted octanol–water partition coefficient (Wildman–Crippen LogP) is 8.34. The lowest BCUT2D eigenvalue weighted by Gasteiger charge is -2.40. The fourth-order valence-corrected chi connectivity index (χ4v) is 7.53. The first-order chi connectivity index (χ1) is 13.8. The van der Waals surface area contributed by atoms with E-state index in [1.807, 2.05) is 0 Å². The normalized spacial score (nSPS) is 46.9. The molecule has 10 rings (SSSR count). The van der Waals surface area contributed by atoms with Gasteiger partial charge in [-0.05, 0) is 105 Å². The first kappa shape index (κ1) is 19.4. The van der Waals surface area contributed by atoms with Gasteiger partial charge in [0.15, 0.2) is 0 Å². The summed E-state index contributed by atoms with van der Waals surface area (Å²) in [7, 11) is 0. The van der Waals surface area contributed by atoms with E-state index >= 15 is 0 Å². The topological polar surface area (TPSA) is 0 Å². The SMILES string of the molecule is C1=CC2CC(C1)C2.C1=CC2CCC1C2.C1CC2CC(C1)C2.C1CC2CCC1C2. The van der Waals surface area contributed by atoms with Crippen molar-refractivity contribution in [3.05, 3.63) is 24.3 Å². The molecule has 10 aliphatic rings. The Morgan fingerprint density at radius 1 is 0.393 bits per heavy atom. The molecular weight excluding hydrogens is 336 g/mol. The number of allylic oxidation sites excluding steroid dienone is 4. The van der Waals surface area contributed by atoms with Crippen molar-refractivity contribution in [1.29, 1.82) is 0 Å². The lowest BCUT2D eigenvalue weighted by Crippen LogP contribution is -2.28. The zero-order valence-corrected chi connectivity index (χ0v) is 18.2. The highest BCUT2D eigenvalue weighted by atomic mass is 14.4. The van der Waals surface area contributed by atoms with Crippen molar-refractivity contribution in [3.63, 3.8) is 0 Å². The molecule has 0 aliphatic heterocycles. The Labute approximate surface area is 174 Å². The first-order valence-corrected chi connectivity index (χ1v) is 13.1. The highest BCUT2D eigenvalue weighted by Gasteiger charge is 2.32. The molecular formula is C28H44. The van der Waals surface area contributed by atoms with Crippen LogP contribution in [0.25, 0.3) is 0 Å². The molecule has 0 aromatic carbocycles. The van der Waals surface area contributed by atoms with Crippen molar-refractivity contribution >= 4 is 0 Å². The molecule has 156 valence electrons. The Hall–Kier alpha value is -0.520. The summed E-state index contributed by atoms with van der Waals surface area (Å²) >= 11 is 0. The minimum absolute atomic E-state index is 0.991. The molecule has 0 nitrogen and oxygen atoms in total. The van der Waals surface area contributed by atoms with E-state index in [1.54, 1.807) is 57.8 Å². The maximum absolute atomic E-state index is 2.38. The molecule has 0 aromatic rings. The Balaban J connectivity index is 0.0000000813. The van der Waals surface area contributed by atoms with E-state index in [4.69, 9.17) is 0 Å². The minimum Gasteiger partial charge on any atom is -0.0880 e. The zero-order chi connectivity index (χ0) is 18.8. The molecule has 10 aliphatic carbocycles. The highest BCUT2D eigenvalue weighted by molar-refractivity contribution is 5.06. The number of fused-ring (bicyclic) bond motifs is 7. The molecule has 0 N–H and O–H groups in total. The van der Waals surface area contributed by atoms with E-state index < -0.39 is 0 Å². The van der Waals surface area contributed by atoms with E-state index in [9.17, 15) is 0 Å². The maximum Gasteiger partial charge on any atom is -0.0228 e. The fourth-order valence-electron chi connectivity index (χ4n) is 7.53.